The molecule has 0 aliphatic rings. The first kappa shape index (κ1) is 11.0. The van der Waals surface area contributed by atoms with E-state index in [1.807, 2.05) is 5.43 Å². The average Bonchev–Trinajstić information content (AvgIpc) is 2.16. The molecule has 0 saturated carbocycles. The molecule has 0 bridgehead atoms. The molecule has 5 heteroatoms. The number of halogens is 2. The second-order valence-corrected chi connectivity index (χ2v) is 3.35. The van der Waals surface area contributed by atoms with E-state index in [-0.39, 0.29) is 0 Å². The predicted octanol–water partition coefficient (Wildman–Crippen LogP) is 2.00. The van der Waals surface area contributed by atoms with Crippen molar-refractivity contribution in [3.8, 4) is 0 Å². The van der Waals surface area contributed by atoms with Gasteiger partial charge in [-0.1, -0.05) is 29.3 Å². The predicted molar refractivity (Wildman–Crippen MR) is 57.8 cm³/mol. The Labute approximate surface area is 91.5 Å². The highest BCUT2D eigenvalue weighted by atomic mass is 35.5. The number of amides is 1. The van der Waals surface area contributed by atoms with Gasteiger partial charge in [-0.05, 0) is 23.8 Å². The summed E-state index contributed by atoms with van der Waals surface area (Å²) in [4.78, 5) is 10.8. The van der Waals surface area contributed by atoms with Crippen LogP contribution in [0.15, 0.2) is 24.3 Å². The molecule has 1 amide bonds. The Bertz CT molecular complexity index is 377. The average molecular weight is 231 g/mol. The van der Waals surface area contributed by atoms with Crippen LogP contribution in [0.4, 0.5) is 0 Å². The van der Waals surface area contributed by atoms with Gasteiger partial charge in [0.05, 0.1) is 0 Å². The van der Waals surface area contributed by atoms with Gasteiger partial charge in [-0.15, -0.1) is 0 Å². The second-order valence-electron chi connectivity index (χ2n) is 2.51. The fraction of sp³-hybridized carbons (Fsp3) is 0. The molecule has 0 radical (unpaired) electrons. The Morgan fingerprint density at radius 3 is 2.71 bits per heavy atom. The third kappa shape index (κ3) is 3.03. The van der Waals surface area contributed by atoms with Gasteiger partial charge in [0.2, 0.25) is 0 Å². The van der Waals surface area contributed by atoms with Crippen molar-refractivity contribution in [1.82, 2.24) is 5.43 Å². The minimum absolute atomic E-state index is 0.393. The Balaban J connectivity index is 2.87. The Hall–Kier alpha value is -1.03. The summed E-state index contributed by atoms with van der Waals surface area (Å²) in [6, 6.07) is 5.00. The fourth-order valence-corrected chi connectivity index (χ4v) is 1.32. The number of hydrogen-bond acceptors (Lipinski definition) is 2. The van der Waals surface area contributed by atoms with E-state index < -0.39 is 5.91 Å². The highest BCUT2D eigenvalue weighted by Crippen LogP contribution is 2.21. The summed E-state index contributed by atoms with van der Waals surface area (Å²) in [7, 11) is 0. The van der Waals surface area contributed by atoms with Crippen molar-refractivity contribution in [3.05, 3.63) is 39.9 Å². The first-order chi connectivity index (χ1) is 6.63. The topological polar surface area (TPSA) is 55.1 Å². The summed E-state index contributed by atoms with van der Waals surface area (Å²) >= 11 is 11.6. The molecular formula is C9H8Cl2N2O. The van der Waals surface area contributed by atoms with Crippen LogP contribution in [0.3, 0.4) is 0 Å². The maximum atomic E-state index is 10.8. The van der Waals surface area contributed by atoms with E-state index in [2.05, 4.69) is 0 Å². The Morgan fingerprint density at radius 2 is 2.14 bits per heavy atom. The smallest absolute Gasteiger partial charge is 0.257 e. The molecule has 14 heavy (non-hydrogen) atoms. The van der Waals surface area contributed by atoms with Gasteiger partial charge in [0.15, 0.2) is 0 Å². The Kier molecular flexibility index (Phi) is 3.95. The molecule has 0 aliphatic carbocycles. The lowest BCUT2D eigenvalue weighted by Crippen LogP contribution is -2.27. The van der Waals surface area contributed by atoms with Gasteiger partial charge >= 0.3 is 0 Å². The number of carbonyl (C=O) groups is 1. The second kappa shape index (κ2) is 5.00. The number of carbonyl (C=O) groups excluding carboxylic acids is 1. The molecule has 3 nitrogen and oxygen atoms in total. The van der Waals surface area contributed by atoms with Gasteiger partial charge in [-0.3, -0.25) is 10.2 Å². The molecule has 0 spiro atoms. The highest BCUT2D eigenvalue weighted by molar-refractivity contribution is 6.35. The SMILES string of the molecule is NNC(=O)/C=C/c1ccc(Cl)cc1Cl. The fourth-order valence-electron chi connectivity index (χ4n) is 0.850. The monoisotopic (exact) mass is 230 g/mol. The van der Waals surface area contributed by atoms with E-state index in [1.54, 1.807) is 24.3 Å². The number of nitrogens with one attached hydrogen (secondary N) is 1. The zero-order valence-corrected chi connectivity index (χ0v) is 8.64. The number of nitrogens with two attached hydrogens (primary N) is 1. The largest absolute Gasteiger partial charge is 0.291 e. The molecule has 0 aliphatic heterocycles. The van der Waals surface area contributed by atoms with E-state index in [0.717, 1.165) is 0 Å². The minimum atomic E-state index is -0.393. The zero-order chi connectivity index (χ0) is 10.6. The first-order valence-corrected chi connectivity index (χ1v) is 4.53. The van der Waals surface area contributed by atoms with Crippen LogP contribution >= 0.6 is 23.2 Å². The summed E-state index contributed by atoms with van der Waals surface area (Å²) in [6.07, 6.45) is 2.84. The zero-order valence-electron chi connectivity index (χ0n) is 7.13. The third-order valence-corrected chi connectivity index (χ3v) is 2.08. The quantitative estimate of drug-likeness (QED) is 0.354. The van der Waals surface area contributed by atoms with Crippen LogP contribution in [-0.2, 0) is 4.79 Å². The third-order valence-electron chi connectivity index (χ3n) is 1.52. The number of benzene rings is 1. The molecule has 0 unspecified atom stereocenters. The van der Waals surface area contributed by atoms with E-state index in [4.69, 9.17) is 29.0 Å². The first-order valence-electron chi connectivity index (χ1n) is 3.77. The number of hydrazine groups is 1. The summed E-state index contributed by atoms with van der Waals surface area (Å²) in [6.45, 7) is 0. The maximum absolute atomic E-state index is 10.8. The molecule has 0 saturated heterocycles. The summed E-state index contributed by atoms with van der Waals surface area (Å²) in [5.41, 5.74) is 2.68. The summed E-state index contributed by atoms with van der Waals surface area (Å²) in [5, 5.41) is 1.04. The van der Waals surface area contributed by atoms with Crippen LogP contribution in [0, 0.1) is 0 Å². The van der Waals surface area contributed by atoms with Gasteiger partial charge in [-0.2, -0.15) is 0 Å². The number of hydrogen-bond donors (Lipinski definition) is 2. The van der Waals surface area contributed by atoms with Gasteiger partial charge < -0.3 is 0 Å². The normalized spacial score (nSPS) is 10.5. The van der Waals surface area contributed by atoms with Crippen LogP contribution < -0.4 is 11.3 Å². The van der Waals surface area contributed by atoms with E-state index >= 15 is 0 Å². The maximum Gasteiger partial charge on any atom is 0.257 e. The lowest BCUT2D eigenvalue weighted by molar-refractivity contribution is -0.116. The van der Waals surface area contributed by atoms with E-state index in [1.165, 1.54) is 6.08 Å². The van der Waals surface area contributed by atoms with E-state index in [9.17, 15) is 4.79 Å². The molecule has 0 atom stereocenters. The van der Waals surface area contributed by atoms with Crippen LogP contribution in [0.5, 0.6) is 0 Å². The van der Waals surface area contributed by atoms with Crippen molar-refractivity contribution in [2.75, 3.05) is 0 Å². The minimum Gasteiger partial charge on any atom is -0.291 e. The standard InChI is InChI=1S/C9H8Cl2N2O/c10-7-3-1-6(8(11)5-7)2-4-9(14)13-12/h1-5H,12H2,(H,13,14)/b4-2+. The van der Waals surface area contributed by atoms with Crippen LogP contribution in [0.2, 0.25) is 10.0 Å². The lowest BCUT2D eigenvalue weighted by atomic mass is 10.2. The molecule has 1 aromatic rings. The highest BCUT2D eigenvalue weighted by Gasteiger charge is 1.97. The van der Waals surface area contributed by atoms with Gasteiger partial charge in [0, 0.05) is 16.1 Å². The van der Waals surface area contributed by atoms with Crippen molar-refractivity contribution < 1.29 is 4.79 Å². The summed E-state index contributed by atoms with van der Waals surface area (Å²) < 4.78 is 0. The Morgan fingerprint density at radius 1 is 1.43 bits per heavy atom. The molecule has 1 rings (SSSR count). The van der Waals surface area contributed by atoms with Crippen LogP contribution in [0.25, 0.3) is 6.08 Å². The van der Waals surface area contributed by atoms with E-state index in [0.29, 0.717) is 15.6 Å². The van der Waals surface area contributed by atoms with Gasteiger partial charge in [0.25, 0.3) is 5.91 Å². The van der Waals surface area contributed by atoms with Crippen molar-refractivity contribution in [2.45, 2.75) is 0 Å². The molecule has 0 aromatic heterocycles. The number of rotatable bonds is 2. The molecule has 3 N–H and O–H groups in total. The molecule has 0 heterocycles. The van der Waals surface area contributed by atoms with Gasteiger partial charge in [-0.25, -0.2) is 5.84 Å². The lowest BCUT2D eigenvalue weighted by Gasteiger charge is -1.98. The van der Waals surface area contributed by atoms with Crippen molar-refractivity contribution in [2.24, 2.45) is 5.84 Å². The van der Waals surface area contributed by atoms with Crippen LogP contribution in [0.1, 0.15) is 5.56 Å². The molecule has 1 aromatic carbocycles. The van der Waals surface area contributed by atoms with Crippen molar-refractivity contribution in [1.29, 1.82) is 0 Å². The van der Waals surface area contributed by atoms with Crippen LogP contribution in [-0.4, -0.2) is 5.91 Å². The molecular weight excluding hydrogens is 223 g/mol. The van der Waals surface area contributed by atoms with Crippen molar-refractivity contribution >= 4 is 35.2 Å². The molecule has 0 fully saturated rings. The summed E-state index contributed by atoms with van der Waals surface area (Å²) in [5.74, 6) is 4.50. The van der Waals surface area contributed by atoms with Gasteiger partial charge in [0.1, 0.15) is 0 Å². The van der Waals surface area contributed by atoms with Crippen molar-refractivity contribution in [3.63, 3.8) is 0 Å². The molecule has 74 valence electrons.